The molecule has 0 unspecified atom stereocenters. The third-order valence-corrected chi connectivity index (χ3v) is 2.90. The minimum Gasteiger partial charge on any atom is -0.354 e. The van der Waals surface area contributed by atoms with Crippen molar-refractivity contribution in [3.05, 3.63) is 0 Å². The second kappa shape index (κ2) is 5.44. The molecule has 0 bridgehead atoms. The zero-order chi connectivity index (χ0) is 11.3. The van der Waals surface area contributed by atoms with E-state index in [1.54, 1.807) is 0 Å². The van der Waals surface area contributed by atoms with Crippen molar-refractivity contribution in [3.63, 3.8) is 0 Å². The molecule has 1 fully saturated rings. The lowest BCUT2D eigenvalue weighted by molar-refractivity contribution is -0.131. The summed E-state index contributed by atoms with van der Waals surface area (Å²) in [6.07, 6.45) is 3.19. The topological polar surface area (TPSA) is 73.6 Å². The van der Waals surface area contributed by atoms with Crippen LogP contribution in [0.3, 0.4) is 0 Å². The molecule has 5 nitrogen and oxygen atoms in total. The number of nitrogens with two attached hydrogens (primary N) is 1. The van der Waals surface area contributed by atoms with Crippen molar-refractivity contribution in [1.29, 1.82) is 0 Å². The molecule has 0 saturated heterocycles. The molecule has 15 heavy (non-hydrogen) atoms. The first-order valence-electron chi connectivity index (χ1n) is 5.25. The highest BCUT2D eigenvalue weighted by atomic mass is 16.7. The van der Waals surface area contributed by atoms with Gasteiger partial charge in [0.2, 0.25) is 5.91 Å². The first kappa shape index (κ1) is 12.4. The van der Waals surface area contributed by atoms with E-state index in [-0.39, 0.29) is 5.91 Å². The van der Waals surface area contributed by atoms with E-state index in [1.807, 2.05) is 0 Å². The summed E-state index contributed by atoms with van der Waals surface area (Å²) in [5.74, 6) is -0.0981. The number of hydrogen-bond acceptors (Lipinski definition) is 4. The van der Waals surface area contributed by atoms with Gasteiger partial charge in [0.1, 0.15) is 0 Å². The van der Waals surface area contributed by atoms with Crippen LogP contribution in [0.2, 0.25) is 0 Å². The molecule has 0 aromatic heterocycles. The molecule has 1 aliphatic carbocycles. The largest absolute Gasteiger partial charge is 0.354 e. The maximum Gasteiger partial charge on any atom is 0.240 e. The third kappa shape index (κ3) is 3.15. The third-order valence-electron chi connectivity index (χ3n) is 2.90. The van der Waals surface area contributed by atoms with E-state index >= 15 is 0 Å². The summed E-state index contributed by atoms with van der Waals surface area (Å²) >= 11 is 0. The van der Waals surface area contributed by atoms with Crippen LogP contribution in [0.5, 0.6) is 0 Å². The number of ether oxygens (including phenoxy) is 2. The summed E-state index contributed by atoms with van der Waals surface area (Å²) in [6, 6.07) is 0. The molecule has 5 heteroatoms. The van der Waals surface area contributed by atoms with Gasteiger partial charge in [-0.1, -0.05) is 12.8 Å². The van der Waals surface area contributed by atoms with Crippen LogP contribution in [0, 0.1) is 0 Å². The molecular formula is C10H20N2O3. The summed E-state index contributed by atoms with van der Waals surface area (Å²) in [5.41, 5.74) is 5.30. The molecule has 0 radical (unpaired) electrons. The molecular weight excluding hydrogens is 196 g/mol. The zero-order valence-corrected chi connectivity index (χ0v) is 9.41. The lowest BCUT2D eigenvalue weighted by atomic mass is 9.98. The maximum absolute atomic E-state index is 11.8. The Hall–Kier alpha value is -0.650. The average Bonchev–Trinajstić information content (AvgIpc) is 2.68. The molecule has 0 spiro atoms. The zero-order valence-electron chi connectivity index (χ0n) is 9.41. The molecule has 1 amide bonds. The molecule has 0 heterocycles. The van der Waals surface area contributed by atoms with Crippen LogP contribution in [0.4, 0.5) is 0 Å². The molecule has 0 aromatic rings. The average molecular weight is 216 g/mol. The van der Waals surface area contributed by atoms with Gasteiger partial charge in [0, 0.05) is 14.2 Å². The van der Waals surface area contributed by atoms with Crippen LogP contribution in [0.25, 0.3) is 0 Å². The van der Waals surface area contributed by atoms with Crippen molar-refractivity contribution in [2.24, 2.45) is 5.73 Å². The minimum atomic E-state index is -0.675. The highest BCUT2D eigenvalue weighted by Crippen LogP contribution is 2.27. The quantitative estimate of drug-likeness (QED) is 0.634. The maximum atomic E-state index is 11.8. The van der Waals surface area contributed by atoms with Gasteiger partial charge in [-0.2, -0.15) is 0 Å². The molecule has 1 rings (SSSR count). The van der Waals surface area contributed by atoms with E-state index in [4.69, 9.17) is 15.2 Å². The summed E-state index contributed by atoms with van der Waals surface area (Å²) < 4.78 is 9.94. The van der Waals surface area contributed by atoms with Gasteiger partial charge in [0.05, 0.1) is 12.1 Å². The van der Waals surface area contributed by atoms with Gasteiger partial charge in [-0.05, 0) is 12.8 Å². The number of amides is 1. The first-order valence-corrected chi connectivity index (χ1v) is 5.25. The second-order valence-electron chi connectivity index (χ2n) is 3.97. The van der Waals surface area contributed by atoms with Crippen LogP contribution in [-0.2, 0) is 14.3 Å². The number of nitrogens with one attached hydrogen (secondary N) is 1. The molecule has 0 aliphatic heterocycles. The molecule has 0 atom stereocenters. The molecule has 0 aromatic carbocycles. The summed E-state index contributed by atoms with van der Waals surface area (Å²) in [6.45, 7) is 0.338. The van der Waals surface area contributed by atoms with Gasteiger partial charge in [0.25, 0.3) is 0 Å². The van der Waals surface area contributed by atoms with Crippen molar-refractivity contribution in [2.75, 3.05) is 20.8 Å². The van der Waals surface area contributed by atoms with Gasteiger partial charge < -0.3 is 20.5 Å². The molecule has 1 saturated carbocycles. The van der Waals surface area contributed by atoms with Crippen LogP contribution in [0.1, 0.15) is 25.7 Å². The smallest absolute Gasteiger partial charge is 0.240 e. The summed E-state index contributed by atoms with van der Waals surface area (Å²) in [4.78, 5) is 11.8. The Morgan fingerprint density at radius 3 is 2.40 bits per heavy atom. The van der Waals surface area contributed by atoms with Crippen molar-refractivity contribution in [1.82, 2.24) is 5.32 Å². The Kier molecular flexibility index (Phi) is 4.50. The van der Waals surface area contributed by atoms with Crippen LogP contribution in [0.15, 0.2) is 0 Å². The van der Waals surface area contributed by atoms with E-state index < -0.39 is 11.8 Å². The van der Waals surface area contributed by atoms with E-state index in [0.717, 1.165) is 25.7 Å². The summed E-state index contributed by atoms with van der Waals surface area (Å²) in [5, 5.41) is 2.75. The van der Waals surface area contributed by atoms with Gasteiger partial charge in [-0.25, -0.2) is 0 Å². The monoisotopic (exact) mass is 216 g/mol. The normalized spacial score (nSPS) is 19.5. The Bertz CT molecular complexity index is 211. The number of carbonyl (C=O) groups excluding carboxylic acids is 1. The Morgan fingerprint density at radius 1 is 1.40 bits per heavy atom. The van der Waals surface area contributed by atoms with Crippen molar-refractivity contribution >= 4 is 5.91 Å². The number of rotatable bonds is 5. The molecule has 1 aliphatic rings. The van der Waals surface area contributed by atoms with Crippen LogP contribution < -0.4 is 11.1 Å². The predicted octanol–water partition coefficient (Wildman–Crippen LogP) is -0.00700. The fourth-order valence-electron chi connectivity index (χ4n) is 1.85. The molecule has 3 N–H and O–H groups in total. The predicted molar refractivity (Wildman–Crippen MR) is 56.2 cm³/mol. The Morgan fingerprint density at radius 2 is 1.93 bits per heavy atom. The SMILES string of the molecule is COC(CNC(=O)C1(N)CCCC1)OC. The standard InChI is InChI=1S/C10H20N2O3/c1-14-8(15-2)7-12-9(13)10(11)5-3-4-6-10/h8H,3-7,11H2,1-2H3,(H,12,13). The van der Waals surface area contributed by atoms with Crippen molar-refractivity contribution < 1.29 is 14.3 Å². The summed E-state index contributed by atoms with van der Waals surface area (Å²) in [7, 11) is 3.07. The van der Waals surface area contributed by atoms with Gasteiger partial charge in [-0.15, -0.1) is 0 Å². The van der Waals surface area contributed by atoms with Crippen LogP contribution in [-0.4, -0.2) is 38.5 Å². The van der Waals surface area contributed by atoms with E-state index in [2.05, 4.69) is 5.32 Å². The highest BCUT2D eigenvalue weighted by Gasteiger charge is 2.36. The van der Waals surface area contributed by atoms with Crippen molar-refractivity contribution in [3.8, 4) is 0 Å². The van der Waals surface area contributed by atoms with Gasteiger partial charge in [-0.3, -0.25) is 4.79 Å². The lowest BCUT2D eigenvalue weighted by Gasteiger charge is -2.23. The highest BCUT2D eigenvalue weighted by molar-refractivity contribution is 5.86. The van der Waals surface area contributed by atoms with Gasteiger partial charge >= 0.3 is 0 Å². The minimum absolute atomic E-state index is 0.0981. The van der Waals surface area contributed by atoms with E-state index in [9.17, 15) is 4.79 Å². The number of carbonyl (C=O) groups is 1. The van der Waals surface area contributed by atoms with E-state index in [1.165, 1.54) is 14.2 Å². The van der Waals surface area contributed by atoms with Crippen molar-refractivity contribution in [2.45, 2.75) is 37.5 Å². The lowest BCUT2D eigenvalue weighted by Crippen LogP contribution is -2.53. The van der Waals surface area contributed by atoms with Gasteiger partial charge in [0.15, 0.2) is 6.29 Å². The van der Waals surface area contributed by atoms with E-state index in [0.29, 0.717) is 6.54 Å². The fraction of sp³-hybridized carbons (Fsp3) is 0.900. The Balaban J connectivity index is 2.35. The number of hydrogen-bond donors (Lipinski definition) is 2. The fourth-order valence-corrected chi connectivity index (χ4v) is 1.85. The second-order valence-corrected chi connectivity index (χ2v) is 3.97. The molecule has 88 valence electrons. The number of methoxy groups -OCH3 is 2. The Labute approximate surface area is 90.3 Å². The first-order chi connectivity index (χ1) is 7.12. The van der Waals surface area contributed by atoms with Crippen LogP contribution >= 0.6 is 0 Å².